The van der Waals surface area contributed by atoms with Crippen molar-refractivity contribution in [2.75, 3.05) is 13.1 Å². The topological polar surface area (TPSA) is 77.7 Å². The van der Waals surface area contributed by atoms with E-state index in [4.69, 9.17) is 5.26 Å². The van der Waals surface area contributed by atoms with Crippen LogP contribution in [-0.2, 0) is 0 Å². The fraction of sp³-hybridized carbons (Fsp3) is 0.438. The molecule has 1 amide bonds. The van der Waals surface area contributed by atoms with Gasteiger partial charge in [-0.2, -0.15) is 10.4 Å². The van der Waals surface area contributed by atoms with Gasteiger partial charge in [-0.05, 0) is 38.8 Å². The van der Waals surface area contributed by atoms with Gasteiger partial charge in [0.25, 0.3) is 5.91 Å². The Morgan fingerprint density at radius 1 is 1.45 bits per heavy atom. The third kappa shape index (κ3) is 2.62. The second-order valence-electron chi connectivity index (χ2n) is 5.83. The molecule has 2 aromatic heterocycles. The van der Waals surface area contributed by atoms with E-state index >= 15 is 0 Å². The Hall–Kier alpha value is -2.55. The van der Waals surface area contributed by atoms with E-state index in [0.29, 0.717) is 17.8 Å². The third-order valence-corrected chi connectivity index (χ3v) is 4.12. The van der Waals surface area contributed by atoms with Gasteiger partial charge >= 0.3 is 0 Å². The van der Waals surface area contributed by atoms with E-state index in [1.54, 1.807) is 12.3 Å². The van der Waals surface area contributed by atoms with Gasteiger partial charge in [0.2, 0.25) is 0 Å². The van der Waals surface area contributed by atoms with Gasteiger partial charge in [-0.1, -0.05) is 0 Å². The van der Waals surface area contributed by atoms with Crippen LogP contribution in [0.4, 0.5) is 0 Å². The van der Waals surface area contributed by atoms with Crippen molar-refractivity contribution in [2.45, 2.75) is 32.7 Å². The van der Waals surface area contributed by atoms with Crippen molar-refractivity contribution >= 4 is 5.91 Å². The number of amides is 1. The molecular formula is C16H19N5O. The zero-order valence-electron chi connectivity index (χ0n) is 12.8. The molecule has 1 fully saturated rings. The van der Waals surface area contributed by atoms with Crippen LogP contribution in [0.2, 0.25) is 0 Å². The molecule has 6 nitrogen and oxygen atoms in total. The second kappa shape index (κ2) is 5.68. The Kier molecular flexibility index (Phi) is 3.72. The van der Waals surface area contributed by atoms with Crippen molar-refractivity contribution in [1.82, 2.24) is 19.7 Å². The molecule has 114 valence electrons. The minimum Gasteiger partial charge on any atom is -0.352 e. The maximum Gasteiger partial charge on any atom is 0.255 e. The number of hydrogen-bond donors (Lipinski definition) is 1. The first-order valence-electron chi connectivity index (χ1n) is 7.49. The predicted octanol–water partition coefficient (Wildman–Crippen LogP) is 2.18. The number of nitriles is 1. The average Bonchev–Trinajstić information content (AvgIpc) is 3.13. The van der Waals surface area contributed by atoms with Gasteiger partial charge in [-0.3, -0.25) is 9.48 Å². The first-order valence-corrected chi connectivity index (χ1v) is 7.49. The number of aryl methyl sites for hydroxylation is 2. The second-order valence-corrected chi connectivity index (χ2v) is 5.83. The van der Waals surface area contributed by atoms with Crippen LogP contribution in [0.25, 0.3) is 0 Å². The smallest absolute Gasteiger partial charge is 0.255 e. The maximum atomic E-state index is 12.6. The number of likely N-dealkylation sites (tertiary alicyclic amines) is 1. The molecule has 1 aliphatic heterocycles. The summed E-state index contributed by atoms with van der Waals surface area (Å²) >= 11 is 0. The van der Waals surface area contributed by atoms with Crippen molar-refractivity contribution in [1.29, 1.82) is 5.26 Å². The molecule has 1 atom stereocenters. The highest BCUT2D eigenvalue weighted by atomic mass is 16.2. The van der Waals surface area contributed by atoms with E-state index in [1.165, 1.54) is 0 Å². The van der Waals surface area contributed by atoms with Crippen LogP contribution in [-0.4, -0.2) is 38.7 Å². The summed E-state index contributed by atoms with van der Waals surface area (Å²) < 4.78 is 2.03. The molecule has 1 saturated heterocycles. The molecule has 0 spiro atoms. The molecule has 6 heteroatoms. The van der Waals surface area contributed by atoms with Crippen LogP contribution in [0.5, 0.6) is 0 Å². The van der Waals surface area contributed by atoms with E-state index in [9.17, 15) is 4.79 Å². The van der Waals surface area contributed by atoms with Crippen LogP contribution < -0.4 is 0 Å². The van der Waals surface area contributed by atoms with Gasteiger partial charge in [0.15, 0.2) is 0 Å². The largest absolute Gasteiger partial charge is 0.352 e. The molecule has 3 rings (SSSR count). The van der Waals surface area contributed by atoms with Gasteiger partial charge in [0.1, 0.15) is 11.8 Å². The summed E-state index contributed by atoms with van der Waals surface area (Å²) in [5.41, 5.74) is 3.09. The van der Waals surface area contributed by atoms with E-state index in [2.05, 4.69) is 16.1 Å². The summed E-state index contributed by atoms with van der Waals surface area (Å²) in [7, 11) is 0. The summed E-state index contributed by atoms with van der Waals surface area (Å²) in [6, 6.07) is 5.90. The lowest BCUT2D eigenvalue weighted by Crippen LogP contribution is -2.41. The van der Waals surface area contributed by atoms with Crippen LogP contribution >= 0.6 is 0 Å². The van der Waals surface area contributed by atoms with Crippen molar-refractivity contribution in [2.24, 2.45) is 0 Å². The Morgan fingerprint density at radius 2 is 2.27 bits per heavy atom. The molecule has 0 bridgehead atoms. The molecule has 0 radical (unpaired) electrons. The number of piperidine rings is 1. The summed E-state index contributed by atoms with van der Waals surface area (Å²) in [5.74, 6) is -0.0241. The zero-order valence-corrected chi connectivity index (χ0v) is 12.8. The number of carbonyl (C=O) groups excluding carboxylic acids is 1. The fourth-order valence-electron chi connectivity index (χ4n) is 3.12. The monoisotopic (exact) mass is 297 g/mol. The number of H-pyrrole nitrogens is 1. The molecular weight excluding hydrogens is 278 g/mol. The van der Waals surface area contributed by atoms with E-state index < -0.39 is 0 Å². The fourth-order valence-corrected chi connectivity index (χ4v) is 3.12. The summed E-state index contributed by atoms with van der Waals surface area (Å²) in [5, 5.41) is 13.4. The van der Waals surface area contributed by atoms with Gasteiger partial charge in [-0.15, -0.1) is 0 Å². The van der Waals surface area contributed by atoms with Crippen LogP contribution in [0.1, 0.15) is 46.3 Å². The van der Waals surface area contributed by atoms with E-state index in [-0.39, 0.29) is 11.9 Å². The minimum atomic E-state index is -0.0241. The highest BCUT2D eigenvalue weighted by molar-refractivity contribution is 5.94. The van der Waals surface area contributed by atoms with Crippen LogP contribution in [0.15, 0.2) is 18.3 Å². The van der Waals surface area contributed by atoms with Gasteiger partial charge < -0.3 is 9.88 Å². The van der Waals surface area contributed by atoms with Crippen molar-refractivity contribution in [3.63, 3.8) is 0 Å². The summed E-state index contributed by atoms with van der Waals surface area (Å²) in [4.78, 5) is 17.2. The Balaban J connectivity index is 1.77. The van der Waals surface area contributed by atoms with Gasteiger partial charge in [0.05, 0.1) is 17.3 Å². The number of aromatic nitrogens is 3. The standard InChI is InChI=1S/C16H19N5O/c1-11-6-12(2)21(19-11)15-4-3-5-20(10-15)16(22)13-7-14(8-17)18-9-13/h6-7,9,15,18H,3-5,10H2,1-2H3. The molecule has 1 N–H and O–H groups in total. The zero-order chi connectivity index (χ0) is 15.7. The lowest BCUT2D eigenvalue weighted by Gasteiger charge is -2.33. The number of nitrogens with zero attached hydrogens (tertiary/aromatic N) is 4. The highest BCUT2D eigenvalue weighted by Gasteiger charge is 2.27. The summed E-state index contributed by atoms with van der Waals surface area (Å²) in [6.07, 6.45) is 3.60. The van der Waals surface area contributed by atoms with E-state index in [1.807, 2.05) is 29.5 Å². The molecule has 22 heavy (non-hydrogen) atoms. The van der Waals surface area contributed by atoms with Crippen molar-refractivity contribution in [3.05, 3.63) is 41.0 Å². The number of rotatable bonds is 2. The number of hydrogen-bond acceptors (Lipinski definition) is 3. The lowest BCUT2D eigenvalue weighted by atomic mass is 10.0. The molecule has 1 aliphatic rings. The third-order valence-electron chi connectivity index (χ3n) is 4.12. The molecule has 0 aliphatic carbocycles. The number of aromatic amines is 1. The van der Waals surface area contributed by atoms with Crippen LogP contribution in [0, 0.1) is 25.2 Å². The molecule has 0 aromatic carbocycles. The van der Waals surface area contributed by atoms with Gasteiger partial charge in [0, 0.05) is 25.0 Å². The predicted molar refractivity (Wildman–Crippen MR) is 81.4 cm³/mol. The Bertz CT molecular complexity index is 736. The van der Waals surface area contributed by atoms with Crippen molar-refractivity contribution in [3.8, 4) is 6.07 Å². The van der Waals surface area contributed by atoms with E-state index in [0.717, 1.165) is 30.8 Å². The molecule has 3 heterocycles. The SMILES string of the molecule is Cc1cc(C)n(C2CCCN(C(=O)c3c[nH]c(C#N)c3)C2)n1. The quantitative estimate of drug-likeness (QED) is 0.922. The first-order chi connectivity index (χ1) is 10.6. The van der Waals surface area contributed by atoms with Crippen molar-refractivity contribution < 1.29 is 4.79 Å². The lowest BCUT2D eigenvalue weighted by molar-refractivity contribution is 0.0671. The average molecular weight is 297 g/mol. The Morgan fingerprint density at radius 3 is 2.91 bits per heavy atom. The number of nitrogens with one attached hydrogen (secondary N) is 1. The van der Waals surface area contributed by atoms with Crippen LogP contribution in [0.3, 0.4) is 0 Å². The highest BCUT2D eigenvalue weighted by Crippen LogP contribution is 2.24. The normalized spacial score (nSPS) is 18.2. The molecule has 0 saturated carbocycles. The maximum absolute atomic E-state index is 12.6. The number of carbonyl (C=O) groups is 1. The Labute approximate surface area is 129 Å². The van der Waals surface area contributed by atoms with Gasteiger partial charge in [-0.25, -0.2) is 0 Å². The summed E-state index contributed by atoms with van der Waals surface area (Å²) in [6.45, 7) is 5.44. The molecule has 2 aromatic rings. The molecule has 1 unspecified atom stereocenters. The first kappa shape index (κ1) is 14.4. The minimum absolute atomic E-state index is 0.0241.